The summed E-state index contributed by atoms with van der Waals surface area (Å²) in [6.07, 6.45) is 11.8. The van der Waals surface area contributed by atoms with Crippen molar-refractivity contribution in [2.75, 3.05) is 7.11 Å². The Kier molecular flexibility index (Phi) is 10.1. The Balaban J connectivity index is 1.89. The molecule has 0 aromatic heterocycles. The van der Waals surface area contributed by atoms with Crippen LogP contribution in [0.25, 0.3) is 0 Å². The monoisotopic (exact) mass is 422 g/mol. The summed E-state index contributed by atoms with van der Waals surface area (Å²) < 4.78 is 16.5. The fourth-order valence-corrected chi connectivity index (χ4v) is 4.59. The Bertz CT molecular complexity index is 621. The third-order valence-corrected chi connectivity index (χ3v) is 6.04. The molecule has 0 amide bonds. The number of methoxy groups -OCH3 is 1. The second-order valence-electron chi connectivity index (χ2n) is 8.79. The van der Waals surface area contributed by atoms with Gasteiger partial charge in [-0.15, -0.1) is 0 Å². The molecule has 170 valence electrons. The lowest BCUT2D eigenvalue weighted by molar-refractivity contribution is -0.148. The first-order valence-electron chi connectivity index (χ1n) is 11.2. The number of carbonyl (C=O) groups excluding carboxylic acids is 2. The van der Waals surface area contributed by atoms with Gasteiger partial charge >= 0.3 is 11.9 Å². The molecule has 0 aromatic rings. The second kappa shape index (κ2) is 12.3. The number of aliphatic hydroxyl groups excluding tert-OH is 1. The van der Waals surface area contributed by atoms with Crippen molar-refractivity contribution in [2.24, 2.45) is 11.8 Å². The second-order valence-corrected chi connectivity index (χ2v) is 8.79. The first kappa shape index (κ1) is 24.6. The maximum Gasteiger partial charge on any atom is 0.305 e. The summed E-state index contributed by atoms with van der Waals surface area (Å²) in [5, 5.41) is 10.3. The van der Waals surface area contributed by atoms with Gasteiger partial charge in [-0.2, -0.15) is 0 Å². The highest BCUT2D eigenvalue weighted by atomic mass is 16.6. The van der Waals surface area contributed by atoms with Gasteiger partial charge in [-0.25, -0.2) is 0 Å². The van der Waals surface area contributed by atoms with E-state index in [1.165, 1.54) is 19.6 Å². The molecule has 30 heavy (non-hydrogen) atoms. The van der Waals surface area contributed by atoms with Crippen molar-refractivity contribution in [3.8, 4) is 0 Å². The molecule has 1 heterocycles. The summed E-state index contributed by atoms with van der Waals surface area (Å²) in [6.45, 7) is 5.54. The molecule has 1 N–H and O–H groups in total. The van der Waals surface area contributed by atoms with E-state index >= 15 is 0 Å². The fraction of sp³-hybridized carbons (Fsp3) is 0.750. The molecule has 0 radical (unpaired) electrons. The van der Waals surface area contributed by atoms with E-state index in [9.17, 15) is 14.7 Å². The van der Waals surface area contributed by atoms with Crippen LogP contribution in [0, 0.1) is 11.8 Å². The van der Waals surface area contributed by atoms with E-state index in [2.05, 4.69) is 24.7 Å². The van der Waals surface area contributed by atoms with Crippen molar-refractivity contribution in [3.05, 3.63) is 23.8 Å². The van der Waals surface area contributed by atoms with Crippen LogP contribution < -0.4 is 0 Å². The molecule has 0 bridgehead atoms. The maximum atomic E-state index is 11.5. The van der Waals surface area contributed by atoms with Crippen LogP contribution >= 0.6 is 0 Å². The number of aliphatic hydroxyl groups is 1. The van der Waals surface area contributed by atoms with Gasteiger partial charge < -0.3 is 19.3 Å². The number of hydrogen-bond acceptors (Lipinski definition) is 6. The lowest BCUT2D eigenvalue weighted by Crippen LogP contribution is -2.24. The van der Waals surface area contributed by atoms with Crippen LogP contribution in [0.15, 0.2) is 23.8 Å². The lowest BCUT2D eigenvalue weighted by atomic mass is 9.88. The van der Waals surface area contributed by atoms with Crippen LogP contribution in [-0.4, -0.2) is 48.6 Å². The minimum absolute atomic E-state index is 0.0667. The van der Waals surface area contributed by atoms with E-state index < -0.39 is 6.10 Å². The van der Waals surface area contributed by atoms with Crippen molar-refractivity contribution in [1.82, 2.24) is 0 Å². The van der Waals surface area contributed by atoms with Crippen molar-refractivity contribution in [2.45, 2.75) is 96.6 Å². The minimum atomic E-state index is -0.505. The number of carbonyl (C=O) groups is 2. The quantitative estimate of drug-likeness (QED) is 0.307. The molecule has 6 heteroatoms. The van der Waals surface area contributed by atoms with Gasteiger partial charge in [0.25, 0.3) is 0 Å². The standard InChI is InChI=1S/C24H38O6/c1-16(2)8-7-9-18(26)12-13-20-21-14-19(10-5-6-11-24(27)28-4)30-23(21)15-22(20)29-17(3)25/h8,12-13,18-23,26H,5-7,9-11,14-15H2,1-4H3/b13-12+/t18-,19-,20+,21+,22+,23-/m0/s1. The van der Waals surface area contributed by atoms with Crippen molar-refractivity contribution >= 4 is 11.9 Å². The van der Waals surface area contributed by atoms with E-state index in [0.717, 1.165) is 32.1 Å². The fourth-order valence-electron chi connectivity index (χ4n) is 4.59. The van der Waals surface area contributed by atoms with E-state index in [4.69, 9.17) is 9.47 Å². The number of hydrogen-bond donors (Lipinski definition) is 1. The molecule has 2 fully saturated rings. The molecule has 1 aliphatic heterocycles. The summed E-state index contributed by atoms with van der Waals surface area (Å²) in [7, 11) is 1.41. The smallest absolute Gasteiger partial charge is 0.305 e. The van der Waals surface area contributed by atoms with Crippen molar-refractivity contribution in [1.29, 1.82) is 0 Å². The van der Waals surface area contributed by atoms with Crippen LogP contribution in [0.3, 0.4) is 0 Å². The average Bonchev–Trinajstić information content (AvgIpc) is 3.19. The molecule has 2 rings (SSSR count). The van der Waals surface area contributed by atoms with Gasteiger partial charge in [0.2, 0.25) is 0 Å². The van der Waals surface area contributed by atoms with Gasteiger partial charge in [0.05, 0.1) is 25.4 Å². The Morgan fingerprint density at radius 1 is 1.20 bits per heavy atom. The summed E-state index contributed by atoms with van der Waals surface area (Å²) in [4.78, 5) is 22.8. The molecular weight excluding hydrogens is 384 g/mol. The number of unbranched alkanes of at least 4 members (excludes halogenated alkanes) is 1. The first-order chi connectivity index (χ1) is 14.3. The summed E-state index contributed by atoms with van der Waals surface area (Å²) >= 11 is 0. The SMILES string of the molecule is COC(=O)CCCC[C@H]1C[C@@H]2[C@@H](/C=C/[C@@H](O)CCC=C(C)C)[C@H](OC(C)=O)C[C@@H]2O1. The Labute approximate surface area is 180 Å². The minimum Gasteiger partial charge on any atom is -0.469 e. The Morgan fingerprint density at radius 3 is 2.63 bits per heavy atom. The van der Waals surface area contributed by atoms with Gasteiger partial charge in [-0.3, -0.25) is 9.59 Å². The number of ether oxygens (including phenoxy) is 3. The molecule has 0 unspecified atom stereocenters. The Morgan fingerprint density at radius 2 is 1.97 bits per heavy atom. The van der Waals surface area contributed by atoms with E-state index in [-0.39, 0.29) is 36.2 Å². The molecule has 2 aliphatic rings. The van der Waals surface area contributed by atoms with Crippen LogP contribution in [0.5, 0.6) is 0 Å². The molecule has 1 aliphatic carbocycles. The number of rotatable bonds is 11. The van der Waals surface area contributed by atoms with Gasteiger partial charge in [0.15, 0.2) is 0 Å². The lowest BCUT2D eigenvalue weighted by Gasteiger charge is -2.21. The van der Waals surface area contributed by atoms with E-state index in [1.807, 2.05) is 12.2 Å². The largest absolute Gasteiger partial charge is 0.469 e. The van der Waals surface area contributed by atoms with E-state index in [0.29, 0.717) is 25.2 Å². The molecule has 6 nitrogen and oxygen atoms in total. The van der Waals surface area contributed by atoms with Crippen molar-refractivity contribution < 1.29 is 28.9 Å². The molecule has 1 saturated heterocycles. The molecular formula is C24H38O6. The zero-order valence-corrected chi connectivity index (χ0v) is 18.8. The highest BCUT2D eigenvalue weighted by Crippen LogP contribution is 2.46. The topological polar surface area (TPSA) is 82.1 Å². The maximum absolute atomic E-state index is 11.5. The molecule has 0 aromatic carbocycles. The van der Waals surface area contributed by atoms with Crippen LogP contribution in [0.1, 0.15) is 72.1 Å². The number of esters is 2. The first-order valence-corrected chi connectivity index (χ1v) is 11.2. The zero-order chi connectivity index (χ0) is 22.1. The van der Waals surface area contributed by atoms with Gasteiger partial charge in [0.1, 0.15) is 6.10 Å². The molecule has 1 saturated carbocycles. The third-order valence-electron chi connectivity index (χ3n) is 6.04. The molecule has 0 spiro atoms. The molecule has 6 atom stereocenters. The third kappa shape index (κ3) is 7.88. The Hall–Kier alpha value is -1.66. The zero-order valence-electron chi connectivity index (χ0n) is 18.8. The predicted octanol–water partition coefficient (Wildman–Crippen LogP) is 4.11. The predicted molar refractivity (Wildman–Crippen MR) is 115 cm³/mol. The average molecular weight is 423 g/mol. The number of fused-ring (bicyclic) bond motifs is 1. The summed E-state index contributed by atoms with van der Waals surface area (Å²) in [6, 6.07) is 0. The van der Waals surface area contributed by atoms with Crippen LogP contribution in [0.4, 0.5) is 0 Å². The highest BCUT2D eigenvalue weighted by molar-refractivity contribution is 5.69. The normalized spacial score (nSPS) is 28.9. The van der Waals surface area contributed by atoms with Gasteiger partial charge in [0, 0.05) is 25.7 Å². The highest BCUT2D eigenvalue weighted by Gasteiger charge is 2.49. The van der Waals surface area contributed by atoms with E-state index in [1.54, 1.807) is 0 Å². The van der Waals surface area contributed by atoms with Crippen LogP contribution in [-0.2, 0) is 23.8 Å². The van der Waals surface area contributed by atoms with Crippen LogP contribution in [0.2, 0.25) is 0 Å². The summed E-state index contributed by atoms with van der Waals surface area (Å²) in [5.74, 6) is -0.0862. The van der Waals surface area contributed by atoms with Gasteiger partial charge in [-0.05, 0) is 51.9 Å². The summed E-state index contributed by atoms with van der Waals surface area (Å²) in [5.41, 5.74) is 1.25. The van der Waals surface area contributed by atoms with Crippen molar-refractivity contribution in [3.63, 3.8) is 0 Å². The van der Waals surface area contributed by atoms with Gasteiger partial charge in [-0.1, -0.05) is 30.2 Å². The number of allylic oxidation sites excluding steroid dienone is 2.